The van der Waals surface area contributed by atoms with Crippen LogP contribution in [0.15, 0.2) is 12.2 Å². The van der Waals surface area contributed by atoms with Crippen molar-refractivity contribution in [3.05, 3.63) is 12.2 Å². The number of rotatable bonds is 4. The van der Waals surface area contributed by atoms with Crippen LogP contribution in [0.3, 0.4) is 0 Å². The van der Waals surface area contributed by atoms with Crippen LogP contribution in [0.2, 0.25) is 0 Å². The Labute approximate surface area is 96.7 Å². The van der Waals surface area contributed by atoms with Crippen LogP contribution in [0, 0.1) is 0 Å². The summed E-state index contributed by atoms with van der Waals surface area (Å²) in [7, 11) is 0. The molecular weight excluding hydrogens is 206 g/mol. The summed E-state index contributed by atoms with van der Waals surface area (Å²) in [5.41, 5.74) is 0. The lowest BCUT2D eigenvalue weighted by Crippen LogP contribution is -2.30. The number of aliphatic hydroxyl groups is 1. The molecule has 1 aliphatic rings. The molecule has 4 heteroatoms. The molecule has 4 nitrogen and oxygen atoms in total. The van der Waals surface area contributed by atoms with Crippen LogP contribution in [0.4, 0.5) is 4.79 Å². The van der Waals surface area contributed by atoms with Crippen molar-refractivity contribution in [3.8, 4) is 0 Å². The highest BCUT2D eigenvalue weighted by atomic mass is 16.6. The Balaban J connectivity index is 2.18. The van der Waals surface area contributed by atoms with Gasteiger partial charge in [-0.3, -0.25) is 0 Å². The Morgan fingerprint density at radius 2 is 2.19 bits per heavy atom. The van der Waals surface area contributed by atoms with Crippen molar-refractivity contribution in [2.24, 2.45) is 0 Å². The molecule has 1 atom stereocenters. The van der Waals surface area contributed by atoms with E-state index in [1.165, 1.54) is 0 Å². The van der Waals surface area contributed by atoms with Crippen LogP contribution < -0.4 is 5.32 Å². The summed E-state index contributed by atoms with van der Waals surface area (Å²) in [5.74, 6) is 0. The molecule has 16 heavy (non-hydrogen) atoms. The SMILES string of the molecule is O=C(NCCCO)OC1CC/C=C/CCC1. The normalized spacial score (nSPS) is 22.9. The number of carbonyl (C=O) groups excluding carboxylic acids is 1. The molecule has 92 valence electrons. The predicted molar refractivity (Wildman–Crippen MR) is 62.2 cm³/mol. The van der Waals surface area contributed by atoms with E-state index in [0.29, 0.717) is 13.0 Å². The molecule has 0 saturated heterocycles. The quantitative estimate of drug-likeness (QED) is 0.570. The fourth-order valence-electron chi connectivity index (χ4n) is 1.71. The highest BCUT2D eigenvalue weighted by Crippen LogP contribution is 2.15. The molecule has 2 N–H and O–H groups in total. The molecule has 1 rings (SSSR count). The Kier molecular flexibility index (Phi) is 6.65. The molecular formula is C12H21NO3. The van der Waals surface area contributed by atoms with Crippen molar-refractivity contribution >= 4 is 6.09 Å². The summed E-state index contributed by atoms with van der Waals surface area (Å²) >= 11 is 0. The van der Waals surface area contributed by atoms with Crippen molar-refractivity contribution in [3.63, 3.8) is 0 Å². The number of hydrogen-bond acceptors (Lipinski definition) is 3. The summed E-state index contributed by atoms with van der Waals surface area (Å²) in [6.45, 7) is 0.566. The first-order chi connectivity index (χ1) is 7.83. The van der Waals surface area contributed by atoms with Gasteiger partial charge in [-0.25, -0.2) is 4.79 Å². The first-order valence-corrected chi connectivity index (χ1v) is 6.03. The van der Waals surface area contributed by atoms with E-state index in [2.05, 4.69) is 17.5 Å². The monoisotopic (exact) mass is 227 g/mol. The Bertz CT molecular complexity index is 228. The average Bonchev–Trinajstić information content (AvgIpc) is 2.22. The summed E-state index contributed by atoms with van der Waals surface area (Å²) in [4.78, 5) is 11.4. The molecule has 0 aromatic carbocycles. The second-order valence-electron chi connectivity index (χ2n) is 4.01. The van der Waals surface area contributed by atoms with Crippen molar-refractivity contribution < 1.29 is 14.6 Å². The molecule has 0 radical (unpaired) electrons. The molecule has 0 aromatic rings. The van der Waals surface area contributed by atoms with Gasteiger partial charge in [0, 0.05) is 13.2 Å². The minimum absolute atomic E-state index is 0.0408. The van der Waals surface area contributed by atoms with Crippen LogP contribution in [-0.2, 0) is 4.74 Å². The van der Waals surface area contributed by atoms with Gasteiger partial charge in [0.25, 0.3) is 0 Å². The number of hydrogen-bond donors (Lipinski definition) is 2. The first-order valence-electron chi connectivity index (χ1n) is 6.03. The van der Waals surface area contributed by atoms with Gasteiger partial charge < -0.3 is 15.2 Å². The van der Waals surface area contributed by atoms with Crippen LogP contribution in [0.25, 0.3) is 0 Å². The van der Waals surface area contributed by atoms with Gasteiger partial charge >= 0.3 is 6.09 Å². The lowest BCUT2D eigenvalue weighted by atomic mass is 10.0. The maximum absolute atomic E-state index is 11.4. The first kappa shape index (κ1) is 13.0. The highest BCUT2D eigenvalue weighted by molar-refractivity contribution is 5.67. The number of carbonyl (C=O) groups is 1. The topological polar surface area (TPSA) is 58.6 Å². The maximum atomic E-state index is 11.4. The van der Waals surface area contributed by atoms with Crippen molar-refractivity contribution in [1.29, 1.82) is 0 Å². The third-order valence-electron chi connectivity index (χ3n) is 2.60. The third-order valence-corrected chi connectivity index (χ3v) is 2.60. The second kappa shape index (κ2) is 8.16. The van der Waals surface area contributed by atoms with E-state index in [1.54, 1.807) is 0 Å². The van der Waals surface area contributed by atoms with E-state index < -0.39 is 0 Å². The van der Waals surface area contributed by atoms with E-state index in [0.717, 1.165) is 32.1 Å². The lowest BCUT2D eigenvalue weighted by molar-refractivity contribution is 0.0860. The van der Waals surface area contributed by atoms with Gasteiger partial charge in [0.1, 0.15) is 6.10 Å². The molecule has 0 spiro atoms. The number of amides is 1. The van der Waals surface area contributed by atoms with E-state index in [1.807, 2.05) is 0 Å². The van der Waals surface area contributed by atoms with E-state index in [-0.39, 0.29) is 18.8 Å². The molecule has 0 bridgehead atoms. The zero-order chi connectivity index (χ0) is 11.6. The zero-order valence-corrected chi connectivity index (χ0v) is 9.65. The van der Waals surface area contributed by atoms with E-state index in [4.69, 9.17) is 9.84 Å². The smallest absolute Gasteiger partial charge is 0.407 e. The fourth-order valence-corrected chi connectivity index (χ4v) is 1.71. The number of ether oxygens (including phenoxy) is 1. The summed E-state index contributed by atoms with van der Waals surface area (Å²) in [6, 6.07) is 0. The Morgan fingerprint density at radius 3 is 3.00 bits per heavy atom. The number of allylic oxidation sites excluding steroid dienone is 2. The number of nitrogens with one attached hydrogen (secondary N) is 1. The molecule has 1 amide bonds. The number of aliphatic hydroxyl groups excluding tert-OH is 1. The summed E-state index contributed by atoms with van der Waals surface area (Å²) in [6.07, 6.45) is 9.58. The Hall–Kier alpha value is -1.03. The zero-order valence-electron chi connectivity index (χ0n) is 9.65. The maximum Gasteiger partial charge on any atom is 0.407 e. The van der Waals surface area contributed by atoms with Crippen LogP contribution >= 0.6 is 0 Å². The van der Waals surface area contributed by atoms with Gasteiger partial charge in [-0.15, -0.1) is 0 Å². The predicted octanol–water partition coefficient (Wildman–Crippen LogP) is 1.98. The van der Waals surface area contributed by atoms with Crippen LogP contribution in [0.5, 0.6) is 0 Å². The molecule has 1 aliphatic carbocycles. The molecule has 0 saturated carbocycles. The molecule has 0 aromatic heterocycles. The minimum Gasteiger partial charge on any atom is -0.446 e. The van der Waals surface area contributed by atoms with Gasteiger partial charge in [0.05, 0.1) is 0 Å². The van der Waals surface area contributed by atoms with Crippen LogP contribution in [0.1, 0.15) is 38.5 Å². The molecule has 1 unspecified atom stereocenters. The average molecular weight is 227 g/mol. The second-order valence-corrected chi connectivity index (χ2v) is 4.01. The van der Waals surface area contributed by atoms with Gasteiger partial charge in [-0.1, -0.05) is 12.2 Å². The molecule has 0 heterocycles. The van der Waals surface area contributed by atoms with Gasteiger partial charge in [0.15, 0.2) is 0 Å². The van der Waals surface area contributed by atoms with E-state index in [9.17, 15) is 4.79 Å². The van der Waals surface area contributed by atoms with Crippen molar-refractivity contribution in [1.82, 2.24) is 5.32 Å². The Morgan fingerprint density at radius 1 is 1.38 bits per heavy atom. The summed E-state index contributed by atoms with van der Waals surface area (Å²) in [5, 5.41) is 11.2. The van der Waals surface area contributed by atoms with Crippen molar-refractivity contribution in [2.75, 3.05) is 13.2 Å². The molecule has 0 aliphatic heterocycles. The molecule has 0 fully saturated rings. The van der Waals surface area contributed by atoms with Gasteiger partial charge in [-0.05, 0) is 38.5 Å². The fraction of sp³-hybridized carbons (Fsp3) is 0.750. The number of alkyl carbamates (subject to hydrolysis) is 1. The standard InChI is InChI=1S/C12H21NO3/c14-10-6-9-13-12(15)16-11-7-4-2-1-3-5-8-11/h1-2,11,14H,3-10H2,(H,13,15)/b2-1+. The van der Waals surface area contributed by atoms with Gasteiger partial charge in [0.2, 0.25) is 0 Å². The van der Waals surface area contributed by atoms with E-state index >= 15 is 0 Å². The third kappa shape index (κ3) is 5.75. The van der Waals surface area contributed by atoms with Gasteiger partial charge in [-0.2, -0.15) is 0 Å². The lowest BCUT2D eigenvalue weighted by Gasteiger charge is -2.18. The summed E-state index contributed by atoms with van der Waals surface area (Å²) < 4.78 is 5.31. The largest absolute Gasteiger partial charge is 0.446 e. The highest BCUT2D eigenvalue weighted by Gasteiger charge is 2.13. The van der Waals surface area contributed by atoms with Crippen molar-refractivity contribution in [2.45, 2.75) is 44.6 Å². The van der Waals surface area contributed by atoms with Crippen LogP contribution in [-0.4, -0.2) is 30.5 Å². The minimum atomic E-state index is -0.358.